The molecule has 31 heavy (non-hydrogen) atoms. The molecule has 0 heterocycles. The molecule has 6 heteroatoms. The fourth-order valence-corrected chi connectivity index (χ4v) is 3.70. The molecule has 2 N–H and O–H groups in total. The topological polar surface area (TPSA) is 93.1 Å². The minimum Gasteiger partial charge on any atom is -0.485 e. The Balaban J connectivity index is 1.77. The van der Waals surface area contributed by atoms with E-state index in [1.807, 2.05) is 44.2 Å². The summed E-state index contributed by atoms with van der Waals surface area (Å²) < 4.78 is 10.5. The lowest BCUT2D eigenvalue weighted by Crippen LogP contribution is -2.20. The summed E-state index contributed by atoms with van der Waals surface area (Å²) in [4.78, 5) is 23.6. The van der Waals surface area contributed by atoms with Gasteiger partial charge >= 0.3 is 5.97 Å². The minimum absolute atomic E-state index is 0.0737. The van der Waals surface area contributed by atoms with Crippen molar-refractivity contribution in [2.75, 3.05) is 6.61 Å². The van der Waals surface area contributed by atoms with Gasteiger partial charge in [0.25, 0.3) is 0 Å². The zero-order valence-electron chi connectivity index (χ0n) is 18.4. The van der Waals surface area contributed by atoms with Gasteiger partial charge in [-0.1, -0.05) is 36.4 Å². The Morgan fingerprint density at radius 1 is 1.13 bits per heavy atom. The third-order valence-corrected chi connectivity index (χ3v) is 5.24. The quantitative estimate of drug-likeness (QED) is 0.228. The number of para-hydroxylation sites is 1. The third-order valence-electron chi connectivity index (χ3n) is 5.24. The fraction of sp³-hybridized carbons (Fsp3) is 0.520. The SMILES string of the molecule is CC(C)OC(=O)CCCC=CCC1C(O)CC(O)C1C=CC(=O)COc1ccccc1. The van der Waals surface area contributed by atoms with Crippen molar-refractivity contribution in [3.63, 3.8) is 0 Å². The summed E-state index contributed by atoms with van der Waals surface area (Å²) in [5, 5.41) is 20.6. The monoisotopic (exact) mass is 430 g/mol. The highest BCUT2D eigenvalue weighted by molar-refractivity contribution is 5.91. The van der Waals surface area contributed by atoms with Crippen LogP contribution in [-0.2, 0) is 14.3 Å². The molecule has 0 aromatic heterocycles. The van der Waals surface area contributed by atoms with Gasteiger partial charge in [0.2, 0.25) is 0 Å². The van der Waals surface area contributed by atoms with E-state index in [2.05, 4.69) is 0 Å². The number of ketones is 1. The molecule has 0 radical (unpaired) electrons. The molecule has 4 unspecified atom stereocenters. The van der Waals surface area contributed by atoms with Crippen LogP contribution < -0.4 is 4.74 Å². The van der Waals surface area contributed by atoms with Crippen molar-refractivity contribution in [1.29, 1.82) is 0 Å². The summed E-state index contributed by atoms with van der Waals surface area (Å²) in [5.41, 5.74) is 0. The van der Waals surface area contributed by atoms with Crippen LogP contribution in [0.4, 0.5) is 0 Å². The van der Waals surface area contributed by atoms with Crippen LogP contribution in [0.1, 0.15) is 46.0 Å². The summed E-state index contributed by atoms with van der Waals surface area (Å²) in [6, 6.07) is 9.10. The predicted molar refractivity (Wildman–Crippen MR) is 119 cm³/mol. The third kappa shape index (κ3) is 9.07. The van der Waals surface area contributed by atoms with E-state index in [0.717, 1.165) is 6.42 Å². The number of benzene rings is 1. The summed E-state index contributed by atoms with van der Waals surface area (Å²) in [6.07, 6.45) is 8.41. The summed E-state index contributed by atoms with van der Waals surface area (Å²) in [6.45, 7) is 3.58. The Morgan fingerprint density at radius 2 is 1.87 bits per heavy atom. The molecule has 0 aliphatic heterocycles. The molecular formula is C25H34O6. The average Bonchev–Trinajstić information content (AvgIpc) is 3.00. The second-order valence-corrected chi connectivity index (χ2v) is 8.18. The van der Waals surface area contributed by atoms with Crippen molar-refractivity contribution in [3.05, 3.63) is 54.6 Å². The first-order valence-corrected chi connectivity index (χ1v) is 11.0. The first kappa shape index (κ1) is 24.8. The van der Waals surface area contributed by atoms with Gasteiger partial charge in [-0.25, -0.2) is 0 Å². The van der Waals surface area contributed by atoms with Gasteiger partial charge in [-0.2, -0.15) is 0 Å². The molecule has 0 bridgehead atoms. The molecule has 170 valence electrons. The van der Waals surface area contributed by atoms with Crippen LogP contribution in [0, 0.1) is 11.8 Å². The van der Waals surface area contributed by atoms with Crippen molar-refractivity contribution in [3.8, 4) is 5.75 Å². The number of esters is 1. The molecule has 1 saturated carbocycles. The van der Waals surface area contributed by atoms with Crippen molar-refractivity contribution >= 4 is 11.8 Å². The van der Waals surface area contributed by atoms with Gasteiger partial charge in [0.15, 0.2) is 12.4 Å². The van der Waals surface area contributed by atoms with Gasteiger partial charge in [-0.3, -0.25) is 9.59 Å². The van der Waals surface area contributed by atoms with Crippen molar-refractivity contribution in [2.45, 2.75) is 64.3 Å². The number of allylic oxidation sites excluding steroid dienone is 2. The molecule has 1 aliphatic rings. The number of carbonyl (C=O) groups is 2. The number of aliphatic hydroxyl groups excluding tert-OH is 2. The molecule has 1 fully saturated rings. The normalized spacial score (nSPS) is 23.6. The van der Waals surface area contributed by atoms with E-state index < -0.39 is 12.2 Å². The zero-order chi connectivity index (χ0) is 22.6. The van der Waals surface area contributed by atoms with E-state index >= 15 is 0 Å². The molecule has 6 nitrogen and oxygen atoms in total. The Kier molecular flexibility index (Phi) is 10.5. The summed E-state index contributed by atoms with van der Waals surface area (Å²) in [5.74, 6) is -0.206. The lowest BCUT2D eigenvalue weighted by molar-refractivity contribution is -0.147. The van der Waals surface area contributed by atoms with Crippen LogP contribution in [0.25, 0.3) is 0 Å². The van der Waals surface area contributed by atoms with Crippen molar-refractivity contribution in [2.24, 2.45) is 11.8 Å². The molecule has 0 amide bonds. The number of hydrogen-bond donors (Lipinski definition) is 2. The maximum absolute atomic E-state index is 12.1. The molecular weight excluding hydrogens is 396 g/mol. The molecule has 2 rings (SSSR count). The first-order valence-electron chi connectivity index (χ1n) is 11.0. The van der Waals surface area contributed by atoms with Crippen molar-refractivity contribution in [1.82, 2.24) is 0 Å². The van der Waals surface area contributed by atoms with Gasteiger partial charge in [-0.15, -0.1) is 0 Å². The molecule has 0 spiro atoms. The van der Waals surface area contributed by atoms with E-state index in [9.17, 15) is 19.8 Å². The highest BCUT2D eigenvalue weighted by Crippen LogP contribution is 2.36. The van der Waals surface area contributed by atoms with E-state index in [1.54, 1.807) is 18.2 Å². The Morgan fingerprint density at radius 3 is 2.58 bits per heavy atom. The van der Waals surface area contributed by atoms with E-state index in [0.29, 0.717) is 31.4 Å². The van der Waals surface area contributed by atoms with Gasteiger partial charge in [-0.05, 0) is 57.2 Å². The maximum Gasteiger partial charge on any atom is 0.306 e. The van der Waals surface area contributed by atoms with Gasteiger partial charge in [0.1, 0.15) is 5.75 Å². The largest absolute Gasteiger partial charge is 0.485 e. The Bertz CT molecular complexity index is 740. The smallest absolute Gasteiger partial charge is 0.306 e. The standard InChI is InChI=1S/C25H34O6/c1-18(2)31-25(29)13-9-4-3-8-12-21-22(24(28)16-23(21)27)15-14-19(26)17-30-20-10-6-5-7-11-20/h3,5-8,10-11,14-15,18,21-24,27-28H,4,9,12-13,16-17H2,1-2H3. The lowest BCUT2D eigenvalue weighted by Gasteiger charge is -2.19. The molecule has 1 aliphatic carbocycles. The number of hydrogen-bond acceptors (Lipinski definition) is 6. The fourth-order valence-electron chi connectivity index (χ4n) is 3.70. The van der Waals surface area contributed by atoms with Crippen LogP contribution in [0.3, 0.4) is 0 Å². The number of rotatable bonds is 12. The van der Waals surface area contributed by atoms with Crippen LogP contribution >= 0.6 is 0 Å². The summed E-state index contributed by atoms with van der Waals surface area (Å²) >= 11 is 0. The molecule has 0 saturated heterocycles. The lowest BCUT2D eigenvalue weighted by atomic mass is 9.89. The maximum atomic E-state index is 12.1. The molecule has 4 atom stereocenters. The minimum atomic E-state index is -0.682. The Labute approximate surface area is 184 Å². The second-order valence-electron chi connectivity index (χ2n) is 8.18. The second kappa shape index (κ2) is 13.1. The summed E-state index contributed by atoms with van der Waals surface area (Å²) in [7, 11) is 0. The Hall–Kier alpha value is -2.44. The zero-order valence-corrected chi connectivity index (χ0v) is 18.4. The molecule has 1 aromatic carbocycles. The van der Waals surface area contributed by atoms with E-state index in [1.165, 1.54) is 6.08 Å². The number of aliphatic hydroxyl groups is 2. The predicted octanol–water partition coefficient (Wildman–Crippen LogP) is 3.62. The van der Waals surface area contributed by atoms with Crippen LogP contribution in [0.15, 0.2) is 54.6 Å². The number of unbranched alkanes of at least 4 members (excludes halogenated alkanes) is 1. The number of ether oxygens (including phenoxy) is 2. The van der Waals surface area contributed by atoms with Gasteiger partial charge < -0.3 is 19.7 Å². The van der Waals surface area contributed by atoms with E-state index in [4.69, 9.17) is 9.47 Å². The van der Waals surface area contributed by atoms with Gasteiger partial charge in [0, 0.05) is 18.8 Å². The highest BCUT2D eigenvalue weighted by Gasteiger charge is 2.39. The van der Waals surface area contributed by atoms with Crippen LogP contribution in [-0.4, -0.2) is 46.9 Å². The van der Waals surface area contributed by atoms with Gasteiger partial charge in [0.05, 0.1) is 18.3 Å². The highest BCUT2D eigenvalue weighted by atomic mass is 16.5. The molecule has 1 aromatic rings. The first-order chi connectivity index (χ1) is 14.9. The van der Waals surface area contributed by atoms with Crippen molar-refractivity contribution < 1.29 is 29.3 Å². The average molecular weight is 431 g/mol. The van der Waals surface area contributed by atoms with Crippen LogP contribution in [0.5, 0.6) is 5.75 Å². The van der Waals surface area contributed by atoms with Crippen LogP contribution in [0.2, 0.25) is 0 Å². The number of carbonyl (C=O) groups excluding carboxylic acids is 2. The van der Waals surface area contributed by atoms with E-state index in [-0.39, 0.29) is 36.3 Å².